The second kappa shape index (κ2) is 7.70. The Morgan fingerprint density at radius 1 is 1.14 bits per heavy atom. The molecule has 0 unspecified atom stereocenters. The van der Waals surface area contributed by atoms with Crippen LogP contribution in [-0.2, 0) is 11.3 Å². The zero-order chi connectivity index (χ0) is 15.9. The molecule has 6 heteroatoms. The zero-order valence-electron chi connectivity index (χ0n) is 11.8. The number of rotatable bonds is 5. The van der Waals surface area contributed by atoms with Crippen LogP contribution < -0.4 is 4.90 Å². The number of carbonyl (C=O) groups excluding carboxylic acids is 1. The van der Waals surface area contributed by atoms with E-state index in [1.165, 1.54) is 23.1 Å². The van der Waals surface area contributed by atoms with Crippen LogP contribution in [0.1, 0.15) is 5.56 Å². The fourth-order valence-electron chi connectivity index (χ4n) is 1.93. The number of phenols is 2. The summed E-state index contributed by atoms with van der Waals surface area (Å²) in [5.74, 6) is -0.254. The predicted molar refractivity (Wildman–Crippen MR) is 87.5 cm³/mol. The van der Waals surface area contributed by atoms with Crippen LogP contribution in [0, 0.1) is 0 Å². The maximum absolute atomic E-state index is 12.3. The minimum absolute atomic E-state index is 0.0716. The average molecular weight is 366 g/mol. The Hall–Kier alpha value is -2.21. The van der Waals surface area contributed by atoms with E-state index in [4.69, 9.17) is 4.74 Å². The topological polar surface area (TPSA) is 70.0 Å². The van der Waals surface area contributed by atoms with E-state index in [9.17, 15) is 15.0 Å². The number of ether oxygens (including phenoxy) is 1. The second-order valence-corrected chi connectivity index (χ2v) is 5.35. The maximum Gasteiger partial charge on any atom is 0.414 e. The molecule has 0 heterocycles. The van der Waals surface area contributed by atoms with Crippen LogP contribution in [0.2, 0.25) is 0 Å². The van der Waals surface area contributed by atoms with Gasteiger partial charge < -0.3 is 14.9 Å². The summed E-state index contributed by atoms with van der Waals surface area (Å²) >= 11 is 3.27. The predicted octanol–water partition coefficient (Wildman–Crippen LogP) is 3.64. The molecule has 2 aromatic rings. The van der Waals surface area contributed by atoms with Gasteiger partial charge in [-0.05, 0) is 17.7 Å². The van der Waals surface area contributed by atoms with E-state index in [2.05, 4.69) is 15.9 Å². The molecule has 0 aliphatic carbocycles. The van der Waals surface area contributed by atoms with Crippen molar-refractivity contribution >= 4 is 27.7 Å². The molecule has 0 aliphatic heterocycles. The van der Waals surface area contributed by atoms with E-state index in [-0.39, 0.29) is 23.8 Å². The van der Waals surface area contributed by atoms with Crippen molar-refractivity contribution in [2.45, 2.75) is 6.61 Å². The summed E-state index contributed by atoms with van der Waals surface area (Å²) in [5, 5.41) is 19.8. The summed E-state index contributed by atoms with van der Waals surface area (Å²) in [4.78, 5) is 13.6. The first kappa shape index (κ1) is 16.2. The Morgan fingerprint density at radius 3 is 2.50 bits per heavy atom. The Balaban J connectivity index is 2.11. The van der Waals surface area contributed by atoms with Gasteiger partial charge in [-0.3, -0.25) is 4.90 Å². The van der Waals surface area contributed by atoms with Crippen molar-refractivity contribution in [2.24, 2.45) is 0 Å². The van der Waals surface area contributed by atoms with Crippen LogP contribution in [0.15, 0.2) is 48.5 Å². The number of anilines is 1. The fraction of sp³-hybridized carbons (Fsp3) is 0.188. The van der Waals surface area contributed by atoms with Gasteiger partial charge in [0, 0.05) is 17.9 Å². The van der Waals surface area contributed by atoms with E-state index in [1.807, 2.05) is 30.3 Å². The molecule has 0 bridgehead atoms. The average Bonchev–Trinajstić information content (AvgIpc) is 2.52. The molecule has 1 amide bonds. The van der Waals surface area contributed by atoms with Crippen molar-refractivity contribution in [3.8, 4) is 11.5 Å². The highest BCUT2D eigenvalue weighted by Gasteiger charge is 2.20. The molecular weight excluding hydrogens is 350 g/mol. The van der Waals surface area contributed by atoms with E-state index in [0.29, 0.717) is 11.9 Å². The van der Waals surface area contributed by atoms with E-state index in [1.54, 1.807) is 0 Å². The molecule has 0 fully saturated rings. The number of halogens is 1. The first-order chi connectivity index (χ1) is 10.6. The molecule has 22 heavy (non-hydrogen) atoms. The number of amides is 1. The third-order valence-electron chi connectivity index (χ3n) is 2.98. The lowest BCUT2D eigenvalue weighted by atomic mass is 10.2. The monoisotopic (exact) mass is 365 g/mol. The Labute approximate surface area is 136 Å². The summed E-state index contributed by atoms with van der Waals surface area (Å²) in [6, 6.07) is 13.4. The standard InChI is InChI=1S/C16H16BrNO4/c17-8-9-18(14-7-6-13(19)10-15(14)20)16(21)22-11-12-4-2-1-3-5-12/h1-7,10,19-20H,8-9,11H2. The number of phenolic OH excluding ortho intramolecular Hbond substituents is 2. The van der Waals surface area contributed by atoms with Gasteiger partial charge in [0.05, 0.1) is 5.69 Å². The molecule has 0 atom stereocenters. The smallest absolute Gasteiger partial charge is 0.414 e. The molecule has 0 radical (unpaired) electrons. The highest BCUT2D eigenvalue weighted by atomic mass is 79.9. The van der Waals surface area contributed by atoms with Crippen molar-refractivity contribution in [3.05, 3.63) is 54.1 Å². The van der Waals surface area contributed by atoms with Crippen LogP contribution >= 0.6 is 15.9 Å². The lowest BCUT2D eigenvalue weighted by Crippen LogP contribution is -2.33. The molecule has 0 spiro atoms. The molecule has 116 valence electrons. The highest BCUT2D eigenvalue weighted by molar-refractivity contribution is 9.09. The Kier molecular flexibility index (Phi) is 5.66. The summed E-state index contributed by atoms with van der Waals surface area (Å²) in [5.41, 5.74) is 1.17. The quantitative estimate of drug-likeness (QED) is 0.793. The van der Waals surface area contributed by atoms with Gasteiger partial charge in [-0.25, -0.2) is 4.79 Å². The molecule has 0 saturated heterocycles. The molecule has 2 N–H and O–H groups in total. The molecule has 0 saturated carbocycles. The third kappa shape index (κ3) is 4.14. The number of hydrogen-bond donors (Lipinski definition) is 2. The summed E-state index contributed by atoms with van der Waals surface area (Å²) in [6.07, 6.45) is -0.565. The van der Waals surface area contributed by atoms with Crippen molar-refractivity contribution in [1.29, 1.82) is 0 Å². The van der Waals surface area contributed by atoms with Gasteiger partial charge in [0.1, 0.15) is 18.1 Å². The fourth-order valence-corrected chi connectivity index (χ4v) is 2.29. The van der Waals surface area contributed by atoms with Gasteiger partial charge in [0.25, 0.3) is 0 Å². The van der Waals surface area contributed by atoms with Gasteiger partial charge in [-0.1, -0.05) is 46.3 Å². The van der Waals surface area contributed by atoms with E-state index < -0.39 is 6.09 Å². The van der Waals surface area contributed by atoms with Crippen LogP contribution in [-0.4, -0.2) is 28.2 Å². The Morgan fingerprint density at radius 2 is 1.86 bits per heavy atom. The van der Waals surface area contributed by atoms with E-state index >= 15 is 0 Å². The summed E-state index contributed by atoms with van der Waals surface area (Å²) in [6.45, 7) is 0.475. The molecule has 0 aliphatic rings. The van der Waals surface area contributed by atoms with Gasteiger partial charge in [0.2, 0.25) is 0 Å². The van der Waals surface area contributed by atoms with Crippen molar-refractivity contribution in [3.63, 3.8) is 0 Å². The number of hydrogen-bond acceptors (Lipinski definition) is 4. The van der Waals surface area contributed by atoms with Gasteiger partial charge in [-0.15, -0.1) is 0 Å². The first-order valence-corrected chi connectivity index (χ1v) is 7.80. The normalized spacial score (nSPS) is 10.2. The molecular formula is C16H16BrNO4. The van der Waals surface area contributed by atoms with Crippen LogP contribution in [0.5, 0.6) is 11.5 Å². The minimum atomic E-state index is -0.565. The maximum atomic E-state index is 12.3. The lowest BCUT2D eigenvalue weighted by Gasteiger charge is -2.22. The summed E-state index contributed by atoms with van der Waals surface area (Å²) in [7, 11) is 0. The van der Waals surface area contributed by atoms with Crippen molar-refractivity contribution in [1.82, 2.24) is 0 Å². The largest absolute Gasteiger partial charge is 0.508 e. The van der Waals surface area contributed by atoms with Crippen molar-refractivity contribution in [2.75, 3.05) is 16.8 Å². The zero-order valence-corrected chi connectivity index (χ0v) is 13.4. The summed E-state index contributed by atoms with van der Waals surface area (Å²) < 4.78 is 5.27. The van der Waals surface area contributed by atoms with Crippen LogP contribution in [0.25, 0.3) is 0 Å². The van der Waals surface area contributed by atoms with Crippen LogP contribution in [0.3, 0.4) is 0 Å². The van der Waals surface area contributed by atoms with Crippen molar-refractivity contribution < 1.29 is 19.7 Å². The SMILES string of the molecule is O=C(OCc1ccccc1)N(CCBr)c1ccc(O)cc1O. The molecule has 0 aromatic heterocycles. The van der Waals surface area contributed by atoms with E-state index in [0.717, 1.165) is 5.56 Å². The minimum Gasteiger partial charge on any atom is -0.508 e. The van der Waals surface area contributed by atoms with Gasteiger partial charge in [0.15, 0.2) is 0 Å². The van der Waals surface area contributed by atoms with Gasteiger partial charge in [-0.2, -0.15) is 0 Å². The molecule has 2 rings (SSSR count). The van der Waals surface area contributed by atoms with Crippen LogP contribution in [0.4, 0.5) is 10.5 Å². The number of nitrogens with zero attached hydrogens (tertiary/aromatic N) is 1. The third-order valence-corrected chi connectivity index (χ3v) is 3.34. The highest BCUT2D eigenvalue weighted by Crippen LogP contribution is 2.31. The first-order valence-electron chi connectivity index (χ1n) is 6.68. The Bertz CT molecular complexity index is 633. The number of carbonyl (C=O) groups is 1. The molecule has 5 nitrogen and oxygen atoms in total. The lowest BCUT2D eigenvalue weighted by molar-refractivity contribution is 0.147. The number of alkyl halides is 1. The number of benzene rings is 2. The number of aromatic hydroxyl groups is 2. The molecule has 2 aromatic carbocycles. The van der Waals surface area contributed by atoms with Gasteiger partial charge >= 0.3 is 6.09 Å². The second-order valence-electron chi connectivity index (χ2n) is 4.55.